The quantitative estimate of drug-likeness (QED) is 0.372. The van der Waals surface area contributed by atoms with Gasteiger partial charge in [-0.05, 0) is 0 Å². The molecule has 6 nitrogen and oxygen atoms in total. The SMILES string of the molecule is NC1COCCN1[N+](=O)[O-]. The maximum atomic E-state index is 10.2. The highest BCUT2D eigenvalue weighted by atomic mass is 16.7. The predicted octanol–water partition coefficient (Wildman–Crippen LogP) is -1.20. The van der Waals surface area contributed by atoms with Gasteiger partial charge in [0.05, 0.1) is 13.2 Å². The Morgan fingerprint density at radius 3 is 2.90 bits per heavy atom. The van der Waals surface area contributed by atoms with Crippen LogP contribution in [0.5, 0.6) is 0 Å². The first kappa shape index (κ1) is 7.23. The highest BCUT2D eigenvalue weighted by Gasteiger charge is 2.26. The first-order valence-electron chi connectivity index (χ1n) is 2.96. The van der Waals surface area contributed by atoms with Crippen LogP contribution in [0.2, 0.25) is 0 Å². The Balaban J connectivity index is 2.47. The molecule has 1 rings (SSSR count). The molecule has 1 saturated heterocycles. The van der Waals surface area contributed by atoms with Gasteiger partial charge in [-0.3, -0.25) is 0 Å². The predicted molar refractivity (Wildman–Crippen MR) is 32.5 cm³/mol. The molecule has 6 heteroatoms. The van der Waals surface area contributed by atoms with Crippen LogP contribution < -0.4 is 5.73 Å². The molecule has 1 unspecified atom stereocenters. The van der Waals surface area contributed by atoms with E-state index in [2.05, 4.69) is 0 Å². The third-order valence-electron chi connectivity index (χ3n) is 1.35. The van der Waals surface area contributed by atoms with Gasteiger partial charge in [-0.2, -0.15) is 0 Å². The van der Waals surface area contributed by atoms with Gasteiger partial charge >= 0.3 is 0 Å². The number of hydrazine groups is 1. The summed E-state index contributed by atoms with van der Waals surface area (Å²) in [6, 6.07) is 0. The summed E-state index contributed by atoms with van der Waals surface area (Å²) in [5.74, 6) is 0. The fourth-order valence-corrected chi connectivity index (χ4v) is 0.817. The summed E-state index contributed by atoms with van der Waals surface area (Å²) in [6.45, 7) is 0.893. The molecule has 0 spiro atoms. The van der Waals surface area contributed by atoms with Crippen LogP contribution in [0.1, 0.15) is 0 Å². The number of hydrogen-bond donors (Lipinski definition) is 1. The number of hydrogen-bond acceptors (Lipinski definition) is 4. The molecule has 0 aliphatic carbocycles. The zero-order valence-corrected chi connectivity index (χ0v) is 5.40. The second-order valence-electron chi connectivity index (χ2n) is 2.04. The average molecular weight is 147 g/mol. The molecule has 0 saturated carbocycles. The molecular formula is C4H9N3O3. The molecule has 58 valence electrons. The van der Waals surface area contributed by atoms with Crippen molar-refractivity contribution in [3.8, 4) is 0 Å². The van der Waals surface area contributed by atoms with Crippen molar-refractivity contribution in [2.45, 2.75) is 6.17 Å². The van der Waals surface area contributed by atoms with Gasteiger partial charge in [0.2, 0.25) is 0 Å². The lowest BCUT2D eigenvalue weighted by Crippen LogP contribution is -2.53. The Kier molecular flexibility index (Phi) is 2.03. The van der Waals surface area contributed by atoms with Crippen molar-refractivity contribution in [3.05, 3.63) is 10.1 Å². The molecule has 1 atom stereocenters. The van der Waals surface area contributed by atoms with Crippen molar-refractivity contribution >= 4 is 0 Å². The zero-order chi connectivity index (χ0) is 7.56. The Labute approximate surface area is 57.7 Å². The second kappa shape index (κ2) is 2.80. The second-order valence-corrected chi connectivity index (χ2v) is 2.04. The van der Waals surface area contributed by atoms with E-state index in [1.54, 1.807) is 0 Å². The normalized spacial score (nSPS) is 26.5. The molecule has 0 amide bonds. The lowest BCUT2D eigenvalue weighted by Gasteiger charge is -2.25. The van der Waals surface area contributed by atoms with Gasteiger partial charge in [-0.1, -0.05) is 0 Å². The van der Waals surface area contributed by atoms with Crippen LogP contribution in [0.25, 0.3) is 0 Å². The Bertz CT molecular complexity index is 140. The number of rotatable bonds is 1. The van der Waals surface area contributed by atoms with Crippen molar-refractivity contribution < 1.29 is 9.77 Å². The van der Waals surface area contributed by atoms with Crippen LogP contribution in [0, 0.1) is 10.1 Å². The largest absolute Gasteiger partial charge is 0.376 e. The molecule has 0 bridgehead atoms. The van der Waals surface area contributed by atoms with Gasteiger partial charge in [0.1, 0.15) is 6.54 Å². The highest BCUT2D eigenvalue weighted by Crippen LogP contribution is 2.00. The molecule has 0 aromatic carbocycles. The van der Waals surface area contributed by atoms with Crippen LogP contribution >= 0.6 is 0 Å². The van der Waals surface area contributed by atoms with E-state index in [0.717, 1.165) is 5.01 Å². The van der Waals surface area contributed by atoms with Crippen molar-refractivity contribution in [2.24, 2.45) is 5.73 Å². The first-order chi connectivity index (χ1) is 4.72. The Morgan fingerprint density at radius 2 is 2.50 bits per heavy atom. The van der Waals surface area contributed by atoms with Crippen LogP contribution in [0.15, 0.2) is 0 Å². The van der Waals surface area contributed by atoms with Gasteiger partial charge < -0.3 is 10.5 Å². The van der Waals surface area contributed by atoms with E-state index < -0.39 is 11.2 Å². The third-order valence-corrected chi connectivity index (χ3v) is 1.35. The van der Waals surface area contributed by atoms with E-state index in [1.807, 2.05) is 0 Å². The van der Waals surface area contributed by atoms with Crippen molar-refractivity contribution in [1.82, 2.24) is 5.01 Å². The van der Waals surface area contributed by atoms with E-state index in [0.29, 0.717) is 6.61 Å². The summed E-state index contributed by atoms with van der Waals surface area (Å²) in [5, 5.41) is 10.6. The van der Waals surface area contributed by atoms with Crippen molar-refractivity contribution in [2.75, 3.05) is 19.8 Å². The summed E-state index contributed by atoms with van der Waals surface area (Å²) in [4.78, 5) is 10.2. The van der Waals surface area contributed by atoms with Gasteiger partial charge in [0.25, 0.3) is 0 Å². The molecule has 10 heavy (non-hydrogen) atoms. The van der Waals surface area contributed by atoms with Crippen molar-refractivity contribution in [3.63, 3.8) is 0 Å². The third kappa shape index (κ3) is 1.34. The van der Waals surface area contributed by atoms with Crippen LogP contribution in [0.4, 0.5) is 0 Å². The highest BCUT2D eigenvalue weighted by molar-refractivity contribution is 4.60. The maximum Gasteiger partial charge on any atom is 0.161 e. The molecule has 1 aliphatic rings. The van der Waals surface area contributed by atoms with Crippen LogP contribution in [-0.4, -0.2) is 36.0 Å². The van der Waals surface area contributed by atoms with E-state index in [4.69, 9.17) is 10.5 Å². The molecule has 1 aliphatic heterocycles. The van der Waals surface area contributed by atoms with Gasteiger partial charge in [-0.15, -0.1) is 5.01 Å². The minimum atomic E-state index is -0.594. The number of morpholine rings is 1. The lowest BCUT2D eigenvalue weighted by molar-refractivity contribution is -0.669. The molecule has 1 heterocycles. The van der Waals surface area contributed by atoms with Crippen molar-refractivity contribution in [1.29, 1.82) is 0 Å². The smallest absolute Gasteiger partial charge is 0.161 e. The van der Waals surface area contributed by atoms with Gasteiger partial charge in [0.15, 0.2) is 11.2 Å². The molecule has 0 aromatic heterocycles. The average Bonchev–Trinajstić information content (AvgIpc) is 1.88. The minimum absolute atomic E-state index is 0.237. The Morgan fingerprint density at radius 1 is 1.80 bits per heavy atom. The number of nitrogens with zero attached hydrogens (tertiary/aromatic N) is 2. The van der Waals surface area contributed by atoms with Gasteiger partial charge in [0, 0.05) is 0 Å². The van der Waals surface area contributed by atoms with E-state index in [1.165, 1.54) is 0 Å². The van der Waals surface area contributed by atoms with Crippen LogP contribution in [0.3, 0.4) is 0 Å². The summed E-state index contributed by atoms with van der Waals surface area (Å²) in [5.41, 5.74) is 5.34. The summed E-state index contributed by atoms with van der Waals surface area (Å²) >= 11 is 0. The van der Waals surface area contributed by atoms with Gasteiger partial charge in [-0.25, -0.2) is 10.1 Å². The van der Waals surface area contributed by atoms with E-state index in [9.17, 15) is 10.1 Å². The standard InChI is InChI=1S/C4H9N3O3/c5-4-3-10-2-1-6(4)7(8)9/h4H,1-3,5H2. The minimum Gasteiger partial charge on any atom is -0.376 e. The molecule has 2 N–H and O–H groups in total. The van der Waals surface area contributed by atoms with Crippen LogP contribution in [-0.2, 0) is 4.74 Å². The fraction of sp³-hybridized carbons (Fsp3) is 1.00. The number of ether oxygens (including phenoxy) is 1. The zero-order valence-electron chi connectivity index (χ0n) is 5.40. The van der Waals surface area contributed by atoms with E-state index >= 15 is 0 Å². The summed E-state index contributed by atoms with van der Waals surface area (Å²) in [7, 11) is 0. The van der Waals surface area contributed by atoms with E-state index in [-0.39, 0.29) is 13.2 Å². The molecule has 0 aromatic rings. The number of nitrogens with two attached hydrogens (primary N) is 1. The lowest BCUT2D eigenvalue weighted by atomic mass is 10.4. The Hall–Kier alpha value is -0.880. The molecular weight excluding hydrogens is 138 g/mol. The summed E-state index contributed by atoms with van der Waals surface area (Å²) in [6.07, 6.45) is -0.594. The first-order valence-corrected chi connectivity index (χ1v) is 2.96. The topological polar surface area (TPSA) is 81.6 Å². The molecule has 1 fully saturated rings. The number of nitro groups is 1. The maximum absolute atomic E-state index is 10.2. The monoisotopic (exact) mass is 147 g/mol. The fourth-order valence-electron chi connectivity index (χ4n) is 0.817. The molecule has 0 radical (unpaired) electrons. The summed E-state index contributed by atoms with van der Waals surface area (Å²) < 4.78 is 4.89.